The second-order valence-corrected chi connectivity index (χ2v) is 9.93. The van der Waals surface area contributed by atoms with Crippen LogP contribution in [-0.2, 0) is 10.1 Å². The van der Waals surface area contributed by atoms with E-state index >= 15 is 0 Å². The van der Waals surface area contributed by atoms with E-state index in [1.54, 1.807) is 48.5 Å². The number of ether oxygens (including phenoxy) is 1. The summed E-state index contributed by atoms with van der Waals surface area (Å²) in [6.07, 6.45) is 6.94. The monoisotopic (exact) mass is 490 g/mol. The van der Waals surface area contributed by atoms with Crippen molar-refractivity contribution < 1.29 is 22.1 Å². The van der Waals surface area contributed by atoms with Gasteiger partial charge in [0.1, 0.15) is 22.0 Å². The predicted octanol–water partition coefficient (Wildman–Crippen LogP) is 6.14. The molecular weight excluding hydrogens is 464 g/mol. The van der Waals surface area contributed by atoms with E-state index in [1.807, 2.05) is 32.1 Å². The summed E-state index contributed by atoms with van der Waals surface area (Å²) in [5, 5.41) is 5.45. The standard InChI is InChI=1S/C27H26N2O5S/c1-20-14-16-27(2,17-15-20)33-23-10-6-8-21(18-23)28-26(30)29-22-9-7-11-24(19-22)34-35(31,32)25-12-4-3-5-13-25/h3-16,18-19H,17H2,1-2H3,(H2,28,29,30). The van der Waals surface area contributed by atoms with Gasteiger partial charge in [0.2, 0.25) is 0 Å². The molecule has 0 saturated carbocycles. The Bertz CT molecular complexity index is 1380. The maximum Gasteiger partial charge on any atom is 0.339 e. The van der Waals surface area contributed by atoms with Crippen LogP contribution < -0.4 is 19.6 Å². The van der Waals surface area contributed by atoms with Crippen LogP contribution >= 0.6 is 0 Å². The van der Waals surface area contributed by atoms with Crippen LogP contribution in [0.25, 0.3) is 0 Å². The Morgan fingerprint density at radius 2 is 1.51 bits per heavy atom. The van der Waals surface area contributed by atoms with E-state index in [1.165, 1.54) is 29.8 Å². The summed E-state index contributed by atoms with van der Waals surface area (Å²) in [7, 11) is -3.98. The first kappa shape index (κ1) is 24.1. The maximum atomic E-state index is 12.6. The molecule has 3 aromatic rings. The van der Waals surface area contributed by atoms with E-state index in [4.69, 9.17) is 8.92 Å². The van der Waals surface area contributed by atoms with Crippen LogP contribution in [0.5, 0.6) is 11.5 Å². The van der Waals surface area contributed by atoms with Crippen molar-refractivity contribution in [1.82, 2.24) is 0 Å². The highest BCUT2D eigenvalue weighted by Gasteiger charge is 2.24. The fourth-order valence-corrected chi connectivity index (χ4v) is 4.41. The molecule has 1 aliphatic carbocycles. The molecule has 180 valence electrons. The Hall–Kier alpha value is -4.04. The molecule has 3 aromatic carbocycles. The Morgan fingerprint density at radius 1 is 0.886 bits per heavy atom. The smallest absolute Gasteiger partial charge is 0.339 e. The van der Waals surface area contributed by atoms with Crippen LogP contribution in [-0.4, -0.2) is 20.0 Å². The van der Waals surface area contributed by atoms with Crippen molar-refractivity contribution in [2.75, 3.05) is 10.6 Å². The zero-order valence-electron chi connectivity index (χ0n) is 19.4. The minimum Gasteiger partial charge on any atom is -0.483 e. The molecule has 1 aliphatic rings. The third-order valence-corrected chi connectivity index (χ3v) is 6.56. The molecule has 1 unspecified atom stereocenters. The lowest BCUT2D eigenvalue weighted by Crippen LogP contribution is -2.30. The van der Waals surface area contributed by atoms with Gasteiger partial charge >= 0.3 is 16.1 Å². The lowest BCUT2D eigenvalue weighted by Gasteiger charge is -2.29. The number of anilines is 2. The number of rotatable bonds is 7. The Balaban J connectivity index is 1.39. The van der Waals surface area contributed by atoms with Gasteiger partial charge in [0, 0.05) is 29.9 Å². The van der Waals surface area contributed by atoms with Crippen molar-refractivity contribution in [1.29, 1.82) is 0 Å². The number of amides is 2. The molecule has 35 heavy (non-hydrogen) atoms. The van der Waals surface area contributed by atoms with Crippen LogP contribution in [0.2, 0.25) is 0 Å². The van der Waals surface area contributed by atoms with Gasteiger partial charge in [-0.25, -0.2) is 4.79 Å². The van der Waals surface area contributed by atoms with E-state index in [-0.39, 0.29) is 10.6 Å². The molecule has 0 fully saturated rings. The van der Waals surface area contributed by atoms with Crippen LogP contribution in [0.1, 0.15) is 20.3 Å². The highest BCUT2D eigenvalue weighted by atomic mass is 32.2. The zero-order chi connectivity index (χ0) is 24.9. The molecule has 2 N–H and O–H groups in total. The van der Waals surface area contributed by atoms with E-state index < -0.39 is 21.8 Å². The number of carbonyl (C=O) groups excluding carboxylic acids is 1. The van der Waals surface area contributed by atoms with E-state index in [2.05, 4.69) is 16.7 Å². The van der Waals surface area contributed by atoms with Gasteiger partial charge < -0.3 is 19.6 Å². The summed E-state index contributed by atoms with van der Waals surface area (Å²) < 4.78 is 36.3. The van der Waals surface area contributed by atoms with Crippen molar-refractivity contribution in [3.05, 3.63) is 103 Å². The van der Waals surface area contributed by atoms with Gasteiger partial charge in [0.25, 0.3) is 0 Å². The summed E-state index contributed by atoms with van der Waals surface area (Å²) >= 11 is 0. The van der Waals surface area contributed by atoms with Crippen molar-refractivity contribution in [2.45, 2.75) is 30.8 Å². The summed E-state index contributed by atoms with van der Waals surface area (Å²) in [5.74, 6) is 0.713. The topological polar surface area (TPSA) is 93.7 Å². The largest absolute Gasteiger partial charge is 0.483 e. The second-order valence-electron chi connectivity index (χ2n) is 8.39. The van der Waals surface area contributed by atoms with Crippen molar-refractivity contribution in [2.24, 2.45) is 0 Å². The third kappa shape index (κ3) is 6.51. The molecule has 0 aromatic heterocycles. The summed E-state index contributed by atoms with van der Waals surface area (Å²) in [6.45, 7) is 4.05. The Kier molecular flexibility index (Phi) is 6.93. The quantitative estimate of drug-likeness (QED) is 0.388. The summed E-state index contributed by atoms with van der Waals surface area (Å²) in [5.41, 5.74) is 1.66. The molecule has 4 rings (SSSR count). The number of urea groups is 1. The first-order valence-corrected chi connectivity index (χ1v) is 12.4. The summed E-state index contributed by atoms with van der Waals surface area (Å²) in [4.78, 5) is 12.6. The molecule has 7 nitrogen and oxygen atoms in total. The van der Waals surface area contributed by atoms with Crippen LogP contribution in [0, 0.1) is 0 Å². The fourth-order valence-electron chi connectivity index (χ4n) is 3.47. The first-order valence-electron chi connectivity index (χ1n) is 11.0. The van der Waals surface area contributed by atoms with Crippen molar-refractivity contribution in [3.63, 3.8) is 0 Å². The molecule has 0 aliphatic heterocycles. The fraction of sp³-hybridized carbons (Fsp3) is 0.148. The molecule has 2 amide bonds. The first-order chi connectivity index (χ1) is 16.7. The lowest BCUT2D eigenvalue weighted by atomic mass is 9.94. The SMILES string of the molecule is CC1=CCC(C)(Oc2cccc(NC(=O)Nc3cccc(OS(=O)(=O)c4ccccc4)c3)c2)C=C1. The van der Waals surface area contributed by atoms with E-state index in [0.29, 0.717) is 17.1 Å². The highest BCUT2D eigenvalue weighted by molar-refractivity contribution is 7.87. The van der Waals surface area contributed by atoms with Crippen LogP contribution in [0.4, 0.5) is 16.2 Å². The van der Waals surface area contributed by atoms with Crippen LogP contribution in [0.15, 0.2) is 108 Å². The van der Waals surface area contributed by atoms with E-state index in [9.17, 15) is 13.2 Å². The average Bonchev–Trinajstić information content (AvgIpc) is 2.82. The van der Waals surface area contributed by atoms with Gasteiger partial charge in [-0.1, -0.05) is 48.1 Å². The highest BCUT2D eigenvalue weighted by Crippen LogP contribution is 2.29. The average molecular weight is 491 g/mol. The number of benzene rings is 3. The van der Waals surface area contributed by atoms with E-state index in [0.717, 1.165) is 6.42 Å². The number of carbonyl (C=O) groups is 1. The predicted molar refractivity (Wildman–Crippen MR) is 136 cm³/mol. The number of nitrogens with one attached hydrogen (secondary N) is 2. The maximum absolute atomic E-state index is 12.6. The van der Waals surface area contributed by atoms with Crippen molar-refractivity contribution >= 4 is 27.5 Å². The summed E-state index contributed by atoms with van der Waals surface area (Å²) in [6, 6.07) is 20.6. The molecule has 8 heteroatoms. The van der Waals surface area contributed by atoms with Gasteiger partial charge in [-0.05, 0) is 56.3 Å². The normalized spacial score (nSPS) is 17.3. The van der Waals surface area contributed by atoms with Gasteiger partial charge in [-0.15, -0.1) is 0 Å². The zero-order valence-corrected chi connectivity index (χ0v) is 20.2. The van der Waals surface area contributed by atoms with Crippen molar-refractivity contribution in [3.8, 4) is 11.5 Å². The number of allylic oxidation sites excluding steroid dienone is 2. The minimum absolute atomic E-state index is 0.0435. The van der Waals surface area contributed by atoms with Crippen LogP contribution in [0.3, 0.4) is 0 Å². The molecule has 0 radical (unpaired) electrons. The molecule has 0 saturated heterocycles. The molecular formula is C27H26N2O5S. The molecule has 0 spiro atoms. The second kappa shape index (κ2) is 10.1. The lowest BCUT2D eigenvalue weighted by molar-refractivity contribution is 0.142. The number of hydrogen-bond acceptors (Lipinski definition) is 5. The molecule has 0 bridgehead atoms. The molecule has 0 heterocycles. The van der Waals surface area contributed by atoms with Gasteiger partial charge in [-0.3, -0.25) is 0 Å². The van der Waals surface area contributed by atoms with Gasteiger partial charge in [0.05, 0.1) is 0 Å². The molecule has 1 atom stereocenters. The van der Waals surface area contributed by atoms with Gasteiger partial charge in [0.15, 0.2) is 0 Å². The Labute approximate surface area is 205 Å². The number of hydrogen-bond donors (Lipinski definition) is 2. The van der Waals surface area contributed by atoms with Gasteiger partial charge in [-0.2, -0.15) is 8.42 Å². The Morgan fingerprint density at radius 3 is 2.14 bits per heavy atom. The third-order valence-electron chi connectivity index (χ3n) is 5.30. The minimum atomic E-state index is -3.98.